The average Bonchev–Trinajstić information content (AvgIpc) is 3.73. The lowest BCUT2D eigenvalue weighted by molar-refractivity contribution is -0.123. The SMILES string of the molecule is O=C1COc2cc(C(=O)O)cc(c2)C(=O)N[C@H]2CN(Cc3ccc(-c4ccn[nH]4)o3)C[C@@H]2Oc2ccc(cc2)CN1. The second-order valence-electron chi connectivity index (χ2n) is 9.93. The molecule has 4 aromatic rings. The first-order valence-corrected chi connectivity index (χ1v) is 13.0. The Balaban J connectivity index is 1.26. The normalized spacial score (nSPS) is 19.4. The summed E-state index contributed by atoms with van der Waals surface area (Å²) in [5.41, 5.74) is 1.61. The summed E-state index contributed by atoms with van der Waals surface area (Å²) in [6.45, 7) is 1.42. The standard InChI is InChI=1S/C29H27N5O7/c35-27-16-39-22-10-18(9-19(11-22)29(37)38)28(36)32-24-14-34(13-21-5-6-25(41-21)23-7-8-31-33-23)15-26(24)40-20-3-1-17(2-4-20)12-30-27/h1-11,24,26H,12-16H2,(H,30,35)(H,31,33)(H,32,36)(H,37,38)/t24-,26-/m0/s1. The van der Waals surface area contributed by atoms with Crippen molar-refractivity contribution in [3.05, 3.63) is 89.3 Å². The van der Waals surface area contributed by atoms with Crippen LogP contribution >= 0.6 is 0 Å². The zero-order valence-electron chi connectivity index (χ0n) is 21.8. The van der Waals surface area contributed by atoms with Crippen LogP contribution in [0.5, 0.6) is 11.5 Å². The molecule has 1 fully saturated rings. The minimum Gasteiger partial charge on any atom is -0.487 e. The molecular weight excluding hydrogens is 530 g/mol. The van der Waals surface area contributed by atoms with E-state index >= 15 is 0 Å². The highest BCUT2D eigenvalue weighted by Crippen LogP contribution is 2.25. The number of carboxylic acids is 1. The fraction of sp³-hybridized carbons (Fsp3) is 0.241. The van der Waals surface area contributed by atoms with Gasteiger partial charge in [-0.25, -0.2) is 4.79 Å². The van der Waals surface area contributed by atoms with Gasteiger partial charge in [0.05, 0.1) is 18.2 Å². The molecule has 2 aromatic carbocycles. The lowest BCUT2D eigenvalue weighted by Gasteiger charge is -2.21. The Morgan fingerprint density at radius 3 is 2.66 bits per heavy atom. The molecule has 0 radical (unpaired) electrons. The number of aromatic amines is 1. The van der Waals surface area contributed by atoms with Gasteiger partial charge in [-0.1, -0.05) is 12.1 Å². The highest BCUT2D eigenvalue weighted by molar-refractivity contribution is 5.98. The highest BCUT2D eigenvalue weighted by atomic mass is 16.5. The van der Waals surface area contributed by atoms with Gasteiger partial charge in [0.1, 0.15) is 29.1 Å². The molecule has 0 aliphatic carbocycles. The summed E-state index contributed by atoms with van der Waals surface area (Å²) in [6.07, 6.45) is 1.25. The van der Waals surface area contributed by atoms with Crippen molar-refractivity contribution < 1.29 is 33.4 Å². The predicted octanol–water partition coefficient (Wildman–Crippen LogP) is 2.44. The van der Waals surface area contributed by atoms with Crippen LogP contribution in [0, 0.1) is 0 Å². The van der Waals surface area contributed by atoms with Crippen LogP contribution in [-0.2, 0) is 17.9 Å². The van der Waals surface area contributed by atoms with Crippen LogP contribution in [0.1, 0.15) is 32.0 Å². The monoisotopic (exact) mass is 557 g/mol. The fourth-order valence-electron chi connectivity index (χ4n) is 4.91. The van der Waals surface area contributed by atoms with Crippen LogP contribution in [0.4, 0.5) is 0 Å². The number of nitrogens with zero attached hydrogens (tertiary/aromatic N) is 2. The van der Waals surface area contributed by atoms with E-state index in [-0.39, 0.29) is 35.9 Å². The van der Waals surface area contributed by atoms with Crippen molar-refractivity contribution in [3.63, 3.8) is 0 Å². The number of rotatable bonds is 4. The number of ether oxygens (including phenoxy) is 2. The van der Waals surface area contributed by atoms with Crippen LogP contribution in [0.3, 0.4) is 0 Å². The molecule has 2 aromatic heterocycles. The summed E-state index contributed by atoms with van der Waals surface area (Å²) in [5.74, 6) is 0.0554. The molecule has 2 atom stereocenters. The van der Waals surface area contributed by atoms with E-state index in [1.165, 1.54) is 18.2 Å². The van der Waals surface area contributed by atoms with Gasteiger partial charge in [-0.3, -0.25) is 19.6 Å². The van der Waals surface area contributed by atoms with Gasteiger partial charge in [-0.15, -0.1) is 0 Å². The summed E-state index contributed by atoms with van der Waals surface area (Å²) < 4.78 is 17.9. The Bertz CT molecular complexity index is 1560. The van der Waals surface area contributed by atoms with Crippen LogP contribution in [-0.4, -0.2) is 69.8 Å². The van der Waals surface area contributed by atoms with Gasteiger partial charge in [0, 0.05) is 31.4 Å². The van der Waals surface area contributed by atoms with Crippen LogP contribution in [0.25, 0.3) is 11.5 Å². The third kappa shape index (κ3) is 6.07. The second-order valence-corrected chi connectivity index (χ2v) is 9.93. The molecule has 0 unspecified atom stereocenters. The number of hydrogen-bond donors (Lipinski definition) is 4. The Hall–Kier alpha value is -5.10. The van der Waals surface area contributed by atoms with Gasteiger partial charge >= 0.3 is 5.97 Å². The lowest BCUT2D eigenvalue weighted by Crippen LogP contribution is -2.45. The van der Waals surface area contributed by atoms with E-state index in [9.17, 15) is 19.5 Å². The Morgan fingerprint density at radius 1 is 1.02 bits per heavy atom. The van der Waals surface area contributed by atoms with E-state index in [1.54, 1.807) is 6.20 Å². The summed E-state index contributed by atoms with van der Waals surface area (Å²) in [7, 11) is 0. The van der Waals surface area contributed by atoms with Crippen molar-refractivity contribution in [3.8, 4) is 23.0 Å². The third-order valence-electron chi connectivity index (χ3n) is 6.95. The zero-order chi connectivity index (χ0) is 28.3. The van der Waals surface area contributed by atoms with E-state index in [0.29, 0.717) is 31.1 Å². The molecule has 5 heterocycles. The number of aromatic nitrogens is 2. The van der Waals surface area contributed by atoms with Crippen molar-refractivity contribution in [1.82, 2.24) is 25.7 Å². The molecule has 210 valence electrons. The quantitative estimate of drug-likeness (QED) is 0.296. The van der Waals surface area contributed by atoms with Crippen molar-refractivity contribution in [2.24, 2.45) is 0 Å². The molecule has 41 heavy (non-hydrogen) atoms. The van der Waals surface area contributed by atoms with Crippen molar-refractivity contribution in [1.29, 1.82) is 0 Å². The summed E-state index contributed by atoms with van der Waals surface area (Å²) in [6, 6.07) is 16.5. The third-order valence-corrected chi connectivity index (χ3v) is 6.95. The average molecular weight is 558 g/mol. The lowest BCUT2D eigenvalue weighted by atomic mass is 10.1. The number of carbonyl (C=O) groups is 3. The van der Waals surface area contributed by atoms with Gasteiger partial charge in [0.25, 0.3) is 11.8 Å². The number of amides is 2. The summed E-state index contributed by atoms with van der Waals surface area (Å²) >= 11 is 0. The van der Waals surface area contributed by atoms with E-state index in [2.05, 4.69) is 25.7 Å². The van der Waals surface area contributed by atoms with E-state index in [0.717, 1.165) is 17.0 Å². The Morgan fingerprint density at radius 2 is 1.88 bits per heavy atom. The number of carboxylic acid groups (broad SMARTS) is 1. The van der Waals surface area contributed by atoms with Crippen molar-refractivity contribution in [2.75, 3.05) is 19.7 Å². The van der Waals surface area contributed by atoms with Gasteiger partial charge in [0.2, 0.25) is 0 Å². The number of carbonyl (C=O) groups excluding carboxylic acids is 2. The first-order valence-electron chi connectivity index (χ1n) is 13.0. The Kier molecular flexibility index (Phi) is 7.13. The first kappa shape index (κ1) is 26.1. The topological polar surface area (TPSA) is 159 Å². The van der Waals surface area contributed by atoms with Crippen LogP contribution in [0.15, 0.2) is 71.3 Å². The molecule has 7 rings (SSSR count). The molecule has 0 saturated carbocycles. The summed E-state index contributed by atoms with van der Waals surface area (Å²) in [4.78, 5) is 39.5. The second kappa shape index (κ2) is 11.2. The largest absolute Gasteiger partial charge is 0.487 e. The minimum absolute atomic E-state index is 0.0981. The maximum atomic E-state index is 13.4. The van der Waals surface area contributed by atoms with E-state index in [4.69, 9.17) is 13.9 Å². The molecule has 12 nitrogen and oxygen atoms in total. The van der Waals surface area contributed by atoms with E-state index < -0.39 is 24.0 Å². The molecule has 3 aliphatic rings. The molecule has 0 spiro atoms. The first-order chi connectivity index (χ1) is 19.9. The maximum Gasteiger partial charge on any atom is 0.335 e. The molecule has 1 saturated heterocycles. The molecule has 4 N–H and O–H groups in total. The number of nitrogens with one attached hydrogen (secondary N) is 3. The number of likely N-dealkylation sites (tertiary alicyclic amines) is 1. The molecular formula is C29H27N5O7. The van der Waals surface area contributed by atoms with Gasteiger partial charge in [-0.2, -0.15) is 5.10 Å². The summed E-state index contributed by atoms with van der Waals surface area (Å²) in [5, 5.41) is 22.2. The van der Waals surface area contributed by atoms with Gasteiger partial charge in [0.15, 0.2) is 12.4 Å². The number of hydrogen-bond acceptors (Lipinski definition) is 8. The van der Waals surface area contributed by atoms with Crippen molar-refractivity contribution in [2.45, 2.75) is 25.2 Å². The number of aromatic carboxylic acids is 1. The van der Waals surface area contributed by atoms with E-state index in [1.807, 2.05) is 42.5 Å². The molecule has 3 aliphatic heterocycles. The number of H-pyrrole nitrogens is 1. The van der Waals surface area contributed by atoms with Gasteiger partial charge < -0.3 is 29.6 Å². The number of benzene rings is 2. The maximum absolute atomic E-state index is 13.4. The fourth-order valence-corrected chi connectivity index (χ4v) is 4.91. The van der Waals surface area contributed by atoms with Crippen molar-refractivity contribution >= 4 is 17.8 Å². The molecule has 2 amide bonds. The minimum atomic E-state index is -1.22. The van der Waals surface area contributed by atoms with Gasteiger partial charge in [-0.05, 0) is 54.1 Å². The zero-order valence-corrected chi connectivity index (χ0v) is 21.8. The molecule has 4 bridgehead atoms. The highest BCUT2D eigenvalue weighted by Gasteiger charge is 2.36. The smallest absolute Gasteiger partial charge is 0.335 e. The number of furan rings is 1. The molecule has 12 heteroatoms. The van der Waals surface area contributed by atoms with Crippen LogP contribution in [0.2, 0.25) is 0 Å². The predicted molar refractivity (Wildman–Crippen MR) is 144 cm³/mol. The number of fused-ring (bicyclic) bond motifs is 7. The Labute approximate surface area is 234 Å². The van der Waals surface area contributed by atoms with Crippen LogP contribution < -0.4 is 20.1 Å².